The Morgan fingerprint density at radius 2 is 0.974 bits per heavy atom. The van der Waals surface area contributed by atoms with Crippen molar-refractivity contribution in [1.29, 1.82) is 0 Å². The fourth-order valence-electron chi connectivity index (χ4n) is 4.10. The second-order valence-corrected chi connectivity index (χ2v) is 9.89. The van der Waals surface area contributed by atoms with Crippen LogP contribution in [-0.2, 0) is 29.3 Å². The van der Waals surface area contributed by atoms with Gasteiger partial charge in [0.15, 0.2) is 0 Å². The molecule has 39 heavy (non-hydrogen) atoms. The minimum atomic E-state index is -0.751. The molecular formula is C32H41NO6. The Morgan fingerprint density at radius 3 is 1.38 bits per heavy atom. The van der Waals surface area contributed by atoms with Crippen molar-refractivity contribution in [2.24, 2.45) is 0 Å². The van der Waals surface area contributed by atoms with Gasteiger partial charge in [0, 0.05) is 6.54 Å². The Kier molecular flexibility index (Phi) is 12.4. The standard InChI is InChI=1S/C32H41NO6/c1-31(2,3)39-30(34)33-19-20-35-21-22-36-23-24-37-25-26-38-32(27-13-7-4-8-14-27,28-15-9-5-10-16-28)29-17-11-6-12-18-29/h4-18H,19-26H2,1-3H3,(H,33,34). The second-order valence-electron chi connectivity index (χ2n) is 9.89. The highest BCUT2D eigenvalue weighted by molar-refractivity contribution is 5.67. The van der Waals surface area contributed by atoms with Crippen LogP contribution in [0.25, 0.3) is 0 Å². The molecule has 7 heteroatoms. The molecule has 3 rings (SSSR count). The third-order valence-electron chi connectivity index (χ3n) is 5.75. The van der Waals surface area contributed by atoms with Gasteiger partial charge >= 0.3 is 6.09 Å². The van der Waals surface area contributed by atoms with Gasteiger partial charge in [-0.05, 0) is 37.5 Å². The highest BCUT2D eigenvalue weighted by Gasteiger charge is 2.37. The minimum absolute atomic E-state index is 0.383. The topological polar surface area (TPSA) is 75.3 Å². The second kappa shape index (κ2) is 16.0. The highest BCUT2D eigenvalue weighted by Crippen LogP contribution is 2.40. The molecule has 0 saturated carbocycles. The molecule has 3 aromatic rings. The molecule has 0 heterocycles. The van der Waals surface area contributed by atoms with Crippen molar-refractivity contribution in [3.05, 3.63) is 108 Å². The average molecular weight is 536 g/mol. The van der Waals surface area contributed by atoms with Crippen molar-refractivity contribution in [3.63, 3.8) is 0 Å². The molecule has 1 N–H and O–H groups in total. The van der Waals surface area contributed by atoms with E-state index in [2.05, 4.69) is 41.7 Å². The zero-order valence-corrected chi connectivity index (χ0v) is 23.3. The first kappa shape index (κ1) is 30.3. The summed E-state index contributed by atoms with van der Waals surface area (Å²) in [5.74, 6) is 0. The lowest BCUT2D eigenvalue weighted by Crippen LogP contribution is -2.34. The molecule has 210 valence electrons. The van der Waals surface area contributed by atoms with Gasteiger partial charge in [-0.15, -0.1) is 0 Å². The van der Waals surface area contributed by atoms with Crippen LogP contribution in [0.1, 0.15) is 37.5 Å². The van der Waals surface area contributed by atoms with E-state index in [9.17, 15) is 4.79 Å². The number of alkyl carbamates (subject to hydrolysis) is 1. The number of carbonyl (C=O) groups excluding carboxylic acids is 1. The van der Waals surface area contributed by atoms with Gasteiger partial charge in [0.05, 0.1) is 46.2 Å². The maximum atomic E-state index is 11.6. The predicted molar refractivity (Wildman–Crippen MR) is 152 cm³/mol. The molecule has 0 fully saturated rings. The van der Waals surface area contributed by atoms with E-state index >= 15 is 0 Å². The average Bonchev–Trinajstić information content (AvgIpc) is 2.94. The zero-order valence-electron chi connectivity index (χ0n) is 23.3. The summed E-state index contributed by atoms with van der Waals surface area (Å²) in [6, 6.07) is 30.9. The summed E-state index contributed by atoms with van der Waals surface area (Å²) in [5, 5.41) is 2.65. The summed E-state index contributed by atoms with van der Waals surface area (Å²) in [4.78, 5) is 11.6. The molecule has 0 aliphatic carbocycles. The number of hydrogen-bond donors (Lipinski definition) is 1. The molecular weight excluding hydrogens is 494 g/mol. The largest absolute Gasteiger partial charge is 0.444 e. The molecule has 0 unspecified atom stereocenters. The molecule has 0 saturated heterocycles. The monoisotopic (exact) mass is 535 g/mol. The molecule has 0 aliphatic heterocycles. The summed E-state index contributed by atoms with van der Waals surface area (Å²) in [6.45, 7) is 8.89. The van der Waals surface area contributed by atoms with Crippen molar-refractivity contribution in [3.8, 4) is 0 Å². The van der Waals surface area contributed by atoms with Gasteiger partial charge in [-0.25, -0.2) is 4.79 Å². The summed E-state index contributed by atoms with van der Waals surface area (Å²) in [5.41, 5.74) is 1.92. The molecule has 0 atom stereocenters. The van der Waals surface area contributed by atoms with Gasteiger partial charge in [-0.1, -0.05) is 91.0 Å². The Morgan fingerprint density at radius 1 is 0.590 bits per heavy atom. The summed E-state index contributed by atoms with van der Waals surface area (Å²) >= 11 is 0. The van der Waals surface area contributed by atoms with Crippen LogP contribution >= 0.6 is 0 Å². The zero-order chi connectivity index (χ0) is 27.8. The maximum Gasteiger partial charge on any atom is 0.407 e. The summed E-state index contributed by atoms with van der Waals surface area (Å²) in [6.07, 6.45) is -0.447. The molecule has 0 radical (unpaired) electrons. The Hall–Kier alpha value is -3.23. The van der Waals surface area contributed by atoms with Crippen LogP contribution in [0.15, 0.2) is 91.0 Å². The summed E-state index contributed by atoms with van der Waals surface area (Å²) < 4.78 is 28.7. The number of ether oxygens (including phenoxy) is 5. The van der Waals surface area contributed by atoms with Crippen LogP contribution in [0.3, 0.4) is 0 Å². The van der Waals surface area contributed by atoms with Crippen LogP contribution in [-0.4, -0.2) is 64.5 Å². The molecule has 7 nitrogen and oxygen atoms in total. The fourth-order valence-corrected chi connectivity index (χ4v) is 4.10. The fraction of sp³-hybridized carbons (Fsp3) is 0.406. The normalized spacial score (nSPS) is 11.8. The van der Waals surface area contributed by atoms with Crippen LogP contribution < -0.4 is 5.32 Å². The molecule has 3 aromatic carbocycles. The van der Waals surface area contributed by atoms with E-state index in [0.29, 0.717) is 52.8 Å². The number of hydrogen-bond acceptors (Lipinski definition) is 6. The smallest absolute Gasteiger partial charge is 0.407 e. The Labute approximate surface area is 232 Å². The van der Waals surface area contributed by atoms with Gasteiger partial charge in [0.2, 0.25) is 0 Å². The highest BCUT2D eigenvalue weighted by atomic mass is 16.6. The van der Waals surface area contributed by atoms with Crippen molar-refractivity contribution in [2.75, 3.05) is 52.8 Å². The molecule has 1 amide bonds. The first-order chi connectivity index (χ1) is 18.9. The van der Waals surface area contributed by atoms with Gasteiger partial charge in [-0.3, -0.25) is 0 Å². The molecule has 0 aliphatic rings. The third-order valence-corrected chi connectivity index (χ3v) is 5.75. The van der Waals surface area contributed by atoms with E-state index in [-0.39, 0.29) is 0 Å². The van der Waals surface area contributed by atoms with Crippen molar-refractivity contribution in [1.82, 2.24) is 5.32 Å². The lowest BCUT2D eigenvalue weighted by Gasteiger charge is -2.36. The van der Waals surface area contributed by atoms with Gasteiger partial charge in [0.25, 0.3) is 0 Å². The molecule has 0 aromatic heterocycles. The Bertz CT molecular complexity index is 973. The van der Waals surface area contributed by atoms with E-state index in [1.807, 2.05) is 75.4 Å². The molecule has 0 spiro atoms. The van der Waals surface area contributed by atoms with Gasteiger partial charge < -0.3 is 29.0 Å². The van der Waals surface area contributed by atoms with E-state index in [0.717, 1.165) is 16.7 Å². The lowest BCUT2D eigenvalue weighted by atomic mass is 9.80. The Balaban J connectivity index is 1.39. The first-order valence-electron chi connectivity index (χ1n) is 13.4. The summed E-state index contributed by atoms with van der Waals surface area (Å²) in [7, 11) is 0. The number of rotatable bonds is 16. The predicted octanol–water partition coefficient (Wildman–Crippen LogP) is 5.57. The van der Waals surface area contributed by atoms with Crippen LogP contribution in [0.4, 0.5) is 4.79 Å². The quantitative estimate of drug-likeness (QED) is 0.191. The number of nitrogens with one attached hydrogen (secondary N) is 1. The van der Waals surface area contributed by atoms with Crippen LogP contribution in [0.2, 0.25) is 0 Å². The number of amides is 1. The SMILES string of the molecule is CC(C)(C)OC(=O)NCCOCCOCCOCCOC(c1ccccc1)(c1ccccc1)c1ccccc1. The first-order valence-corrected chi connectivity index (χ1v) is 13.4. The van der Waals surface area contributed by atoms with E-state index in [1.54, 1.807) is 0 Å². The molecule has 0 bridgehead atoms. The lowest BCUT2D eigenvalue weighted by molar-refractivity contribution is -0.0368. The minimum Gasteiger partial charge on any atom is -0.444 e. The number of carbonyl (C=O) groups is 1. The van der Waals surface area contributed by atoms with Gasteiger partial charge in [0.1, 0.15) is 11.2 Å². The van der Waals surface area contributed by atoms with Crippen LogP contribution in [0.5, 0.6) is 0 Å². The van der Waals surface area contributed by atoms with Crippen LogP contribution in [0, 0.1) is 0 Å². The van der Waals surface area contributed by atoms with Crippen molar-refractivity contribution >= 4 is 6.09 Å². The van der Waals surface area contributed by atoms with Crippen molar-refractivity contribution < 1.29 is 28.5 Å². The van der Waals surface area contributed by atoms with Gasteiger partial charge in [-0.2, -0.15) is 0 Å². The third kappa shape index (κ3) is 10.1. The van der Waals surface area contributed by atoms with E-state index in [4.69, 9.17) is 23.7 Å². The maximum absolute atomic E-state index is 11.6. The van der Waals surface area contributed by atoms with E-state index in [1.165, 1.54) is 0 Å². The van der Waals surface area contributed by atoms with Crippen molar-refractivity contribution in [2.45, 2.75) is 32.0 Å². The van der Waals surface area contributed by atoms with E-state index < -0.39 is 17.3 Å². The number of benzene rings is 3.